The Morgan fingerprint density at radius 3 is 2.53 bits per heavy atom. The summed E-state index contributed by atoms with van der Waals surface area (Å²) in [7, 11) is 0. The monoisotopic (exact) mass is 206 g/mol. The van der Waals surface area contributed by atoms with Gasteiger partial charge in [-0.15, -0.1) is 18.8 Å². The molecule has 0 aromatic rings. The quantitative estimate of drug-likeness (QED) is 0.517. The summed E-state index contributed by atoms with van der Waals surface area (Å²) in [6, 6.07) is -0.457. The highest BCUT2D eigenvalue weighted by Gasteiger charge is 2.12. The second-order valence-electron chi connectivity index (χ2n) is 3.60. The molecule has 0 spiro atoms. The van der Waals surface area contributed by atoms with Crippen LogP contribution in [0.2, 0.25) is 0 Å². The van der Waals surface area contributed by atoms with Gasteiger partial charge in [0, 0.05) is 13.0 Å². The van der Waals surface area contributed by atoms with Gasteiger partial charge >= 0.3 is 6.03 Å². The van der Waals surface area contributed by atoms with Gasteiger partial charge < -0.3 is 10.6 Å². The first-order valence-corrected chi connectivity index (χ1v) is 5.05. The zero-order chi connectivity index (χ0) is 11.7. The molecule has 0 heterocycles. The molecule has 0 aromatic carbocycles. The van der Waals surface area contributed by atoms with Crippen LogP contribution in [0.1, 0.15) is 26.7 Å². The molecule has 0 fully saturated rings. The van der Waals surface area contributed by atoms with Crippen LogP contribution in [0.5, 0.6) is 0 Å². The van der Waals surface area contributed by atoms with Gasteiger partial charge in [0.05, 0.1) is 6.04 Å². The third kappa shape index (κ3) is 6.46. The summed E-state index contributed by atoms with van der Waals surface area (Å²) >= 11 is 0. The Morgan fingerprint density at radius 1 is 1.40 bits per heavy atom. The van der Waals surface area contributed by atoms with Gasteiger partial charge in [-0.05, 0) is 12.3 Å². The molecule has 0 aliphatic carbocycles. The van der Waals surface area contributed by atoms with Gasteiger partial charge in [0.1, 0.15) is 0 Å². The molecule has 15 heavy (non-hydrogen) atoms. The molecule has 3 nitrogen and oxygen atoms in total. The number of terminal acetylenes is 2. The van der Waals surface area contributed by atoms with Crippen molar-refractivity contribution in [3.63, 3.8) is 0 Å². The van der Waals surface area contributed by atoms with Crippen molar-refractivity contribution >= 4 is 6.03 Å². The zero-order valence-corrected chi connectivity index (χ0v) is 9.34. The van der Waals surface area contributed by atoms with Crippen molar-refractivity contribution in [1.29, 1.82) is 0 Å². The van der Waals surface area contributed by atoms with Crippen molar-refractivity contribution in [2.75, 3.05) is 6.54 Å². The van der Waals surface area contributed by atoms with Gasteiger partial charge in [-0.25, -0.2) is 4.79 Å². The third-order valence-electron chi connectivity index (χ3n) is 1.92. The molecule has 1 atom stereocenters. The molecule has 0 rings (SSSR count). The van der Waals surface area contributed by atoms with E-state index >= 15 is 0 Å². The maximum Gasteiger partial charge on any atom is 0.315 e. The molecule has 0 unspecified atom stereocenters. The summed E-state index contributed by atoms with van der Waals surface area (Å²) in [4.78, 5) is 11.3. The van der Waals surface area contributed by atoms with Gasteiger partial charge in [-0.1, -0.05) is 19.8 Å². The van der Waals surface area contributed by atoms with E-state index in [0.717, 1.165) is 6.42 Å². The predicted octanol–water partition coefficient (Wildman–Crippen LogP) is 1.36. The summed E-state index contributed by atoms with van der Waals surface area (Å²) in [6.07, 6.45) is 11.8. The van der Waals surface area contributed by atoms with Crippen molar-refractivity contribution < 1.29 is 4.79 Å². The normalized spacial score (nSPS) is 11.3. The first-order valence-electron chi connectivity index (χ1n) is 5.05. The van der Waals surface area contributed by atoms with Gasteiger partial charge in [0.15, 0.2) is 0 Å². The Kier molecular flexibility index (Phi) is 6.93. The Morgan fingerprint density at radius 2 is 2.07 bits per heavy atom. The van der Waals surface area contributed by atoms with Crippen LogP contribution in [-0.2, 0) is 0 Å². The fourth-order valence-corrected chi connectivity index (χ4v) is 0.985. The number of carbonyl (C=O) groups excluding carboxylic acids is 1. The van der Waals surface area contributed by atoms with E-state index in [-0.39, 0.29) is 18.0 Å². The molecule has 82 valence electrons. The largest absolute Gasteiger partial charge is 0.338 e. The predicted molar refractivity (Wildman–Crippen MR) is 62.1 cm³/mol. The van der Waals surface area contributed by atoms with Crippen molar-refractivity contribution in [1.82, 2.24) is 10.6 Å². The Labute approximate surface area is 92.0 Å². The number of urea groups is 1. The number of rotatable bonds is 5. The van der Waals surface area contributed by atoms with E-state index in [1.165, 1.54) is 0 Å². The lowest BCUT2D eigenvalue weighted by atomic mass is 10.1. The Hall–Kier alpha value is -1.61. The number of hydrogen-bond acceptors (Lipinski definition) is 1. The van der Waals surface area contributed by atoms with Crippen LogP contribution in [0, 0.1) is 30.6 Å². The van der Waals surface area contributed by atoms with Crippen LogP contribution in [0.3, 0.4) is 0 Å². The number of hydrogen-bond donors (Lipinski definition) is 2. The van der Waals surface area contributed by atoms with Crippen molar-refractivity contribution in [3.8, 4) is 24.7 Å². The average molecular weight is 206 g/mol. The number of carbonyl (C=O) groups is 1. The molecule has 0 radical (unpaired) electrons. The zero-order valence-electron chi connectivity index (χ0n) is 9.34. The van der Waals surface area contributed by atoms with Gasteiger partial charge in [0.2, 0.25) is 0 Å². The standard InChI is InChI=1S/C12H18N2O/c1-5-7-8-9-13-12(15)14-11(6-2)10(3)4/h1-2,10-11H,7-9H2,3-4H3,(H2,13,14,15)/t11-/m0/s1. The van der Waals surface area contributed by atoms with Crippen LogP contribution < -0.4 is 10.6 Å². The molecule has 0 aliphatic rings. The van der Waals surface area contributed by atoms with Crippen molar-refractivity contribution in [2.24, 2.45) is 5.92 Å². The second-order valence-corrected chi connectivity index (χ2v) is 3.60. The fraction of sp³-hybridized carbons (Fsp3) is 0.583. The van der Waals surface area contributed by atoms with E-state index in [9.17, 15) is 4.79 Å². The average Bonchev–Trinajstić information content (AvgIpc) is 2.20. The van der Waals surface area contributed by atoms with Crippen LogP contribution in [0.4, 0.5) is 4.79 Å². The molecular formula is C12H18N2O. The summed E-state index contributed by atoms with van der Waals surface area (Å²) in [5.74, 6) is 5.27. The number of amides is 2. The van der Waals surface area contributed by atoms with E-state index < -0.39 is 0 Å². The molecule has 0 saturated carbocycles. The van der Waals surface area contributed by atoms with Gasteiger partial charge in [-0.3, -0.25) is 0 Å². The maximum atomic E-state index is 11.3. The molecule has 0 saturated heterocycles. The molecule has 0 bridgehead atoms. The van der Waals surface area contributed by atoms with Gasteiger partial charge in [0.25, 0.3) is 0 Å². The minimum Gasteiger partial charge on any atom is -0.338 e. The smallest absolute Gasteiger partial charge is 0.315 e. The third-order valence-corrected chi connectivity index (χ3v) is 1.92. The van der Waals surface area contributed by atoms with Crippen molar-refractivity contribution in [3.05, 3.63) is 0 Å². The molecule has 3 heteroatoms. The number of unbranched alkanes of at least 4 members (excludes halogenated alkanes) is 1. The topological polar surface area (TPSA) is 41.1 Å². The van der Waals surface area contributed by atoms with Crippen LogP contribution in [0.25, 0.3) is 0 Å². The van der Waals surface area contributed by atoms with Crippen molar-refractivity contribution in [2.45, 2.75) is 32.7 Å². The van der Waals surface area contributed by atoms with Crippen LogP contribution >= 0.6 is 0 Å². The van der Waals surface area contributed by atoms with E-state index in [1.807, 2.05) is 13.8 Å². The van der Waals surface area contributed by atoms with Crippen LogP contribution in [0.15, 0.2) is 0 Å². The van der Waals surface area contributed by atoms with Crippen LogP contribution in [-0.4, -0.2) is 18.6 Å². The molecular weight excluding hydrogens is 188 g/mol. The second kappa shape index (κ2) is 7.76. The summed E-state index contributed by atoms with van der Waals surface area (Å²) in [5, 5.41) is 5.40. The highest BCUT2D eigenvalue weighted by Crippen LogP contribution is 1.99. The van der Waals surface area contributed by atoms with E-state index in [1.54, 1.807) is 0 Å². The SMILES string of the molecule is C#CCCCNC(=O)N[C@@H](C#C)C(C)C. The Balaban J connectivity index is 3.74. The minimum atomic E-state index is -0.233. The summed E-state index contributed by atoms with van der Waals surface area (Å²) in [6.45, 7) is 4.50. The maximum absolute atomic E-state index is 11.3. The molecule has 2 amide bonds. The Bertz CT molecular complexity index is 270. The lowest BCUT2D eigenvalue weighted by molar-refractivity contribution is 0.236. The molecule has 0 aromatic heterocycles. The highest BCUT2D eigenvalue weighted by molar-refractivity contribution is 5.74. The van der Waals surface area contributed by atoms with Gasteiger partial charge in [-0.2, -0.15) is 0 Å². The fourth-order valence-electron chi connectivity index (χ4n) is 0.985. The molecule has 2 N–H and O–H groups in total. The highest BCUT2D eigenvalue weighted by atomic mass is 16.2. The van der Waals surface area contributed by atoms with E-state index in [4.69, 9.17) is 12.8 Å². The van der Waals surface area contributed by atoms with E-state index in [2.05, 4.69) is 22.5 Å². The molecule has 0 aliphatic heterocycles. The summed E-state index contributed by atoms with van der Waals surface area (Å²) in [5.41, 5.74) is 0. The van der Waals surface area contributed by atoms with E-state index in [0.29, 0.717) is 13.0 Å². The first kappa shape index (κ1) is 13.4. The lowest BCUT2D eigenvalue weighted by Gasteiger charge is -2.16. The summed E-state index contributed by atoms with van der Waals surface area (Å²) < 4.78 is 0. The minimum absolute atomic E-state index is 0.224. The first-order chi connectivity index (χ1) is 7.11. The lowest BCUT2D eigenvalue weighted by Crippen LogP contribution is -2.44. The number of nitrogens with one attached hydrogen (secondary N) is 2.